The van der Waals surface area contributed by atoms with Gasteiger partial charge >= 0.3 is 5.97 Å². The lowest BCUT2D eigenvalue weighted by Crippen LogP contribution is -2.47. The summed E-state index contributed by atoms with van der Waals surface area (Å²) in [5.41, 5.74) is 7.84. The van der Waals surface area contributed by atoms with E-state index < -0.39 is 11.8 Å². The summed E-state index contributed by atoms with van der Waals surface area (Å²) in [5, 5.41) is 12.2. The highest BCUT2D eigenvalue weighted by Crippen LogP contribution is 2.33. The molecule has 0 aliphatic carbocycles. The number of nitrogens with two attached hydrogens (primary N) is 1. The molecule has 32 heavy (non-hydrogen) atoms. The van der Waals surface area contributed by atoms with Gasteiger partial charge in [-0.15, -0.1) is 0 Å². The van der Waals surface area contributed by atoms with E-state index in [0.29, 0.717) is 49.3 Å². The third-order valence-corrected chi connectivity index (χ3v) is 5.34. The van der Waals surface area contributed by atoms with Gasteiger partial charge in [-0.3, -0.25) is 0 Å². The minimum Gasteiger partial charge on any atom is -0.495 e. The van der Waals surface area contributed by atoms with Gasteiger partial charge in [-0.25, -0.2) is 19.2 Å². The maximum absolute atomic E-state index is 14.0. The molecule has 0 bridgehead atoms. The number of halogens is 1. The lowest BCUT2D eigenvalue weighted by atomic mass is 10.1. The first-order valence-corrected chi connectivity index (χ1v) is 10.0. The molecule has 0 unspecified atom stereocenters. The van der Waals surface area contributed by atoms with E-state index in [9.17, 15) is 14.3 Å². The maximum Gasteiger partial charge on any atom is 0.335 e. The third-order valence-electron chi connectivity index (χ3n) is 5.34. The summed E-state index contributed by atoms with van der Waals surface area (Å²) < 4.78 is 19.4. The average Bonchev–Trinajstić information content (AvgIpc) is 2.81. The minimum absolute atomic E-state index is 0.201. The number of methoxy groups -OCH3 is 1. The lowest BCUT2D eigenvalue weighted by molar-refractivity contribution is 0.0697. The lowest BCUT2D eigenvalue weighted by Gasteiger charge is -2.37. The van der Waals surface area contributed by atoms with Gasteiger partial charge in [-0.2, -0.15) is 0 Å². The van der Waals surface area contributed by atoms with Crippen LogP contribution in [0.3, 0.4) is 0 Å². The zero-order valence-corrected chi connectivity index (χ0v) is 17.5. The molecule has 4 rings (SSSR count). The number of hydrogen-bond donors (Lipinski definition) is 3. The molecule has 0 saturated carbocycles. The van der Waals surface area contributed by atoms with Gasteiger partial charge in [0, 0.05) is 26.2 Å². The predicted octanol–water partition coefficient (Wildman–Crippen LogP) is 2.97. The molecule has 10 heteroatoms. The fourth-order valence-corrected chi connectivity index (χ4v) is 3.66. The van der Waals surface area contributed by atoms with Crippen molar-refractivity contribution in [2.24, 2.45) is 0 Å². The molecule has 166 valence electrons. The Morgan fingerprint density at radius 1 is 1.12 bits per heavy atom. The Morgan fingerprint density at radius 3 is 2.53 bits per heavy atom. The molecule has 2 aromatic carbocycles. The van der Waals surface area contributed by atoms with Gasteiger partial charge in [0.1, 0.15) is 23.6 Å². The molecule has 0 spiro atoms. The van der Waals surface area contributed by atoms with Crippen LogP contribution in [0.1, 0.15) is 10.4 Å². The summed E-state index contributed by atoms with van der Waals surface area (Å²) in [7, 11) is 1.56. The summed E-state index contributed by atoms with van der Waals surface area (Å²) in [6.07, 6.45) is 1.39. The van der Waals surface area contributed by atoms with Gasteiger partial charge in [0.15, 0.2) is 11.6 Å². The Hall–Kier alpha value is -4.08. The van der Waals surface area contributed by atoms with Crippen molar-refractivity contribution in [2.45, 2.75) is 0 Å². The molecular weight excluding hydrogens is 415 g/mol. The van der Waals surface area contributed by atoms with Crippen LogP contribution in [-0.2, 0) is 0 Å². The molecule has 3 aromatic rings. The fraction of sp³-hybridized carbons (Fsp3) is 0.227. The number of carbonyl (C=O) groups is 1. The number of nitrogens with zero attached hydrogens (tertiary/aromatic N) is 4. The highest BCUT2D eigenvalue weighted by molar-refractivity contribution is 5.89. The standard InChI is InChI=1S/C22H23FN6O3/c1-32-18-7-6-14(22(30)31)12-17(18)28-8-10-29(11-9-28)21-19(24)20(25-13-26-21)27-16-5-3-2-4-15(16)23/h2-7,12-13H,8-11,24H2,1H3,(H,30,31)(H,25,26,27). The number of piperazine rings is 1. The molecule has 1 aliphatic heterocycles. The molecular formula is C22H23FN6O3. The Bertz CT molecular complexity index is 1130. The van der Waals surface area contributed by atoms with Crippen molar-refractivity contribution >= 4 is 34.7 Å². The number of nitrogen functional groups attached to an aromatic ring is 1. The smallest absolute Gasteiger partial charge is 0.335 e. The van der Waals surface area contributed by atoms with E-state index in [0.717, 1.165) is 5.69 Å². The molecule has 1 aromatic heterocycles. The van der Waals surface area contributed by atoms with Crippen molar-refractivity contribution in [1.29, 1.82) is 0 Å². The Kier molecular flexibility index (Phi) is 5.93. The first kappa shape index (κ1) is 21.2. The number of carboxylic acid groups (broad SMARTS) is 1. The van der Waals surface area contributed by atoms with Crippen LogP contribution in [0.5, 0.6) is 5.75 Å². The van der Waals surface area contributed by atoms with Crippen LogP contribution in [0.25, 0.3) is 0 Å². The number of para-hydroxylation sites is 1. The second-order valence-electron chi connectivity index (χ2n) is 7.23. The zero-order chi connectivity index (χ0) is 22.7. The van der Waals surface area contributed by atoms with Crippen LogP contribution in [0, 0.1) is 5.82 Å². The van der Waals surface area contributed by atoms with E-state index >= 15 is 0 Å². The van der Waals surface area contributed by atoms with Crippen LogP contribution in [0.4, 0.5) is 33.1 Å². The van der Waals surface area contributed by atoms with E-state index in [1.165, 1.54) is 18.5 Å². The first-order valence-electron chi connectivity index (χ1n) is 10.0. The number of nitrogens with one attached hydrogen (secondary N) is 1. The quantitative estimate of drug-likeness (QED) is 0.534. The number of aromatic carboxylic acids is 1. The van der Waals surface area contributed by atoms with Crippen LogP contribution in [0.2, 0.25) is 0 Å². The Balaban J connectivity index is 1.51. The van der Waals surface area contributed by atoms with Gasteiger partial charge in [0.05, 0.1) is 24.0 Å². The number of hydrogen-bond acceptors (Lipinski definition) is 8. The van der Waals surface area contributed by atoms with Crippen LogP contribution < -0.4 is 25.6 Å². The molecule has 4 N–H and O–H groups in total. The molecule has 0 atom stereocenters. The van der Waals surface area contributed by atoms with Crippen molar-refractivity contribution in [3.8, 4) is 5.75 Å². The Morgan fingerprint density at radius 2 is 1.84 bits per heavy atom. The summed E-state index contributed by atoms with van der Waals surface area (Å²) in [6.45, 7) is 2.42. The van der Waals surface area contributed by atoms with Gasteiger partial charge in [-0.1, -0.05) is 12.1 Å². The third kappa shape index (κ3) is 4.20. The molecule has 1 fully saturated rings. The molecule has 9 nitrogen and oxygen atoms in total. The highest BCUT2D eigenvalue weighted by atomic mass is 19.1. The molecule has 1 aliphatic rings. The van der Waals surface area contributed by atoms with Gasteiger partial charge < -0.3 is 30.7 Å². The van der Waals surface area contributed by atoms with Gasteiger partial charge in [-0.05, 0) is 30.3 Å². The van der Waals surface area contributed by atoms with Crippen molar-refractivity contribution in [3.63, 3.8) is 0 Å². The number of aromatic nitrogens is 2. The highest BCUT2D eigenvalue weighted by Gasteiger charge is 2.24. The van der Waals surface area contributed by atoms with E-state index in [1.54, 1.807) is 37.4 Å². The van der Waals surface area contributed by atoms with Crippen LogP contribution >= 0.6 is 0 Å². The largest absolute Gasteiger partial charge is 0.495 e. The van der Waals surface area contributed by atoms with Crippen molar-refractivity contribution in [3.05, 3.63) is 60.2 Å². The van der Waals surface area contributed by atoms with E-state index in [2.05, 4.69) is 20.2 Å². The topological polar surface area (TPSA) is 117 Å². The summed E-state index contributed by atoms with van der Waals surface area (Å²) in [4.78, 5) is 23.9. The maximum atomic E-state index is 14.0. The number of ether oxygens (including phenoxy) is 1. The second kappa shape index (κ2) is 8.96. The first-order chi connectivity index (χ1) is 15.5. The van der Waals surface area contributed by atoms with Crippen molar-refractivity contribution < 1.29 is 19.0 Å². The SMILES string of the molecule is COc1ccc(C(=O)O)cc1N1CCN(c2ncnc(Nc3ccccc3F)c2N)CC1. The normalized spacial score (nSPS) is 13.7. The van der Waals surface area contributed by atoms with Gasteiger partial charge in [0.25, 0.3) is 0 Å². The summed E-state index contributed by atoms with van der Waals surface area (Å²) in [6, 6.07) is 11.1. The molecule has 1 saturated heterocycles. The van der Waals surface area contributed by atoms with E-state index in [4.69, 9.17) is 10.5 Å². The van der Waals surface area contributed by atoms with E-state index in [1.807, 2.05) is 4.90 Å². The number of anilines is 5. The molecule has 0 amide bonds. The van der Waals surface area contributed by atoms with E-state index in [-0.39, 0.29) is 11.3 Å². The fourth-order valence-electron chi connectivity index (χ4n) is 3.66. The minimum atomic E-state index is -0.990. The van der Waals surface area contributed by atoms with Crippen molar-refractivity contribution in [2.75, 3.05) is 54.1 Å². The summed E-state index contributed by atoms with van der Waals surface area (Å²) in [5.74, 6) is 0.110. The van der Waals surface area contributed by atoms with Crippen LogP contribution in [0.15, 0.2) is 48.8 Å². The molecule has 2 heterocycles. The van der Waals surface area contributed by atoms with Crippen LogP contribution in [-0.4, -0.2) is 54.3 Å². The predicted molar refractivity (Wildman–Crippen MR) is 121 cm³/mol. The second-order valence-corrected chi connectivity index (χ2v) is 7.23. The monoisotopic (exact) mass is 438 g/mol. The Labute approximate surface area is 184 Å². The number of benzene rings is 2. The molecule has 0 radical (unpaired) electrons. The average molecular weight is 438 g/mol. The van der Waals surface area contributed by atoms with Gasteiger partial charge in [0.2, 0.25) is 0 Å². The number of rotatable bonds is 6. The zero-order valence-electron chi connectivity index (χ0n) is 17.5. The summed E-state index contributed by atoms with van der Waals surface area (Å²) >= 11 is 0. The van der Waals surface area contributed by atoms with Crippen molar-refractivity contribution in [1.82, 2.24) is 9.97 Å². The number of carboxylic acids is 1.